The molecular formula is C43H29NO. The molecule has 1 aliphatic rings. The Balaban J connectivity index is 1.10. The Morgan fingerprint density at radius 3 is 2.09 bits per heavy atom. The van der Waals surface area contributed by atoms with Crippen molar-refractivity contribution < 1.29 is 4.42 Å². The van der Waals surface area contributed by atoms with Crippen LogP contribution >= 0.6 is 0 Å². The molecule has 0 spiro atoms. The Hall–Kier alpha value is -5.60. The molecule has 45 heavy (non-hydrogen) atoms. The van der Waals surface area contributed by atoms with Crippen molar-refractivity contribution in [1.82, 2.24) is 4.57 Å². The molecule has 0 bridgehead atoms. The van der Waals surface area contributed by atoms with E-state index < -0.39 is 0 Å². The lowest BCUT2D eigenvalue weighted by Gasteiger charge is -2.21. The van der Waals surface area contributed by atoms with Crippen LogP contribution in [-0.2, 0) is 5.41 Å². The van der Waals surface area contributed by atoms with Gasteiger partial charge in [0.05, 0.1) is 11.0 Å². The molecule has 2 aromatic heterocycles. The quantitative estimate of drug-likeness (QED) is 0.200. The molecule has 2 heteroatoms. The molecule has 0 aliphatic heterocycles. The molecule has 1 aliphatic carbocycles. The van der Waals surface area contributed by atoms with Crippen LogP contribution in [0.25, 0.3) is 82.5 Å². The molecular weight excluding hydrogens is 546 g/mol. The smallest absolute Gasteiger partial charge is 0.136 e. The summed E-state index contributed by atoms with van der Waals surface area (Å²) in [5.41, 5.74) is 13.2. The van der Waals surface area contributed by atoms with E-state index in [2.05, 4.69) is 158 Å². The Kier molecular flexibility index (Phi) is 4.82. The van der Waals surface area contributed by atoms with E-state index in [4.69, 9.17) is 4.42 Å². The van der Waals surface area contributed by atoms with Crippen molar-refractivity contribution in [2.45, 2.75) is 19.3 Å². The van der Waals surface area contributed by atoms with Crippen molar-refractivity contribution in [1.29, 1.82) is 0 Å². The van der Waals surface area contributed by atoms with E-state index >= 15 is 0 Å². The molecule has 2 heterocycles. The van der Waals surface area contributed by atoms with Crippen LogP contribution < -0.4 is 0 Å². The average Bonchev–Trinajstić information content (AvgIpc) is 3.69. The number of hydrogen-bond donors (Lipinski definition) is 0. The third-order valence-corrected chi connectivity index (χ3v) is 10.2. The van der Waals surface area contributed by atoms with Gasteiger partial charge in [-0.25, -0.2) is 0 Å². The minimum atomic E-state index is -0.0470. The Labute approximate surface area is 260 Å². The Morgan fingerprint density at radius 1 is 0.489 bits per heavy atom. The van der Waals surface area contributed by atoms with E-state index in [1.807, 2.05) is 0 Å². The summed E-state index contributed by atoms with van der Waals surface area (Å²) in [6.07, 6.45) is 0. The molecule has 0 amide bonds. The highest BCUT2D eigenvalue weighted by Crippen LogP contribution is 2.50. The van der Waals surface area contributed by atoms with Gasteiger partial charge in [0.25, 0.3) is 0 Å². The second-order valence-electron chi connectivity index (χ2n) is 13.0. The van der Waals surface area contributed by atoms with Crippen LogP contribution in [0.5, 0.6) is 0 Å². The van der Waals surface area contributed by atoms with Gasteiger partial charge >= 0.3 is 0 Å². The van der Waals surface area contributed by atoms with Crippen LogP contribution in [0.3, 0.4) is 0 Å². The van der Waals surface area contributed by atoms with Crippen LogP contribution in [0.4, 0.5) is 0 Å². The molecule has 0 fully saturated rings. The van der Waals surface area contributed by atoms with Crippen LogP contribution in [0.15, 0.2) is 144 Å². The summed E-state index contributed by atoms with van der Waals surface area (Å²) in [7, 11) is 0. The molecule has 0 radical (unpaired) electrons. The van der Waals surface area contributed by atoms with Crippen LogP contribution in [0.1, 0.15) is 25.0 Å². The highest BCUT2D eigenvalue weighted by atomic mass is 16.3. The zero-order valence-corrected chi connectivity index (χ0v) is 25.1. The van der Waals surface area contributed by atoms with Crippen molar-refractivity contribution in [3.8, 4) is 27.9 Å². The lowest BCUT2D eigenvalue weighted by Crippen LogP contribution is -2.14. The summed E-state index contributed by atoms with van der Waals surface area (Å²) in [6, 6.07) is 50.9. The minimum Gasteiger partial charge on any atom is -0.456 e. The first kappa shape index (κ1) is 24.8. The summed E-state index contributed by atoms with van der Waals surface area (Å²) in [5.74, 6) is 0. The van der Waals surface area contributed by atoms with Crippen molar-refractivity contribution in [3.05, 3.63) is 151 Å². The minimum absolute atomic E-state index is 0.0470. The van der Waals surface area contributed by atoms with Crippen LogP contribution in [-0.4, -0.2) is 4.57 Å². The van der Waals surface area contributed by atoms with Gasteiger partial charge in [-0.1, -0.05) is 111 Å². The van der Waals surface area contributed by atoms with Gasteiger partial charge in [-0.05, 0) is 81.2 Å². The van der Waals surface area contributed by atoms with E-state index in [-0.39, 0.29) is 5.41 Å². The summed E-state index contributed by atoms with van der Waals surface area (Å²) in [5, 5.41) is 7.41. The number of hydrogen-bond acceptors (Lipinski definition) is 1. The second kappa shape index (κ2) is 8.74. The SMILES string of the molecule is CC1(C)c2ccccc2-c2cc3c(cc21)oc1cc(-c2ccc(-n4c5ccccc5c5ccc6ccccc6c54)cc2)ccc13. The van der Waals surface area contributed by atoms with Crippen molar-refractivity contribution in [2.24, 2.45) is 0 Å². The fourth-order valence-corrected chi connectivity index (χ4v) is 7.95. The average molecular weight is 576 g/mol. The number of nitrogens with zero attached hydrogens (tertiary/aromatic N) is 1. The third kappa shape index (κ3) is 3.34. The summed E-state index contributed by atoms with van der Waals surface area (Å²) in [4.78, 5) is 0. The van der Waals surface area contributed by atoms with Crippen LogP contribution in [0.2, 0.25) is 0 Å². The molecule has 2 nitrogen and oxygen atoms in total. The molecule has 0 saturated carbocycles. The predicted octanol–water partition coefficient (Wildman–Crippen LogP) is 11.8. The second-order valence-corrected chi connectivity index (χ2v) is 13.0. The maximum atomic E-state index is 6.55. The Morgan fingerprint density at radius 2 is 1.20 bits per heavy atom. The molecule has 212 valence electrons. The van der Waals surface area contributed by atoms with Gasteiger partial charge in [-0.2, -0.15) is 0 Å². The van der Waals surface area contributed by atoms with E-state index in [0.29, 0.717) is 0 Å². The topological polar surface area (TPSA) is 18.1 Å². The van der Waals surface area contributed by atoms with Gasteiger partial charge in [0.15, 0.2) is 0 Å². The van der Waals surface area contributed by atoms with Gasteiger partial charge < -0.3 is 8.98 Å². The van der Waals surface area contributed by atoms with Crippen molar-refractivity contribution >= 4 is 54.5 Å². The first-order valence-corrected chi connectivity index (χ1v) is 15.7. The molecule has 0 unspecified atom stereocenters. The molecule has 10 rings (SSSR count). The Bertz CT molecular complexity index is 2670. The third-order valence-electron chi connectivity index (χ3n) is 10.2. The first-order valence-electron chi connectivity index (χ1n) is 15.7. The molecule has 9 aromatic rings. The van der Waals surface area contributed by atoms with Gasteiger partial charge in [0.2, 0.25) is 0 Å². The number of para-hydroxylation sites is 1. The van der Waals surface area contributed by atoms with E-state index in [9.17, 15) is 0 Å². The maximum absolute atomic E-state index is 6.55. The molecule has 0 N–H and O–H groups in total. The highest BCUT2D eigenvalue weighted by Gasteiger charge is 2.36. The summed E-state index contributed by atoms with van der Waals surface area (Å²) in [6.45, 7) is 4.63. The molecule has 0 saturated heterocycles. The number of aromatic nitrogens is 1. The summed E-state index contributed by atoms with van der Waals surface area (Å²) < 4.78 is 8.96. The molecule has 7 aromatic carbocycles. The first-order chi connectivity index (χ1) is 22.1. The highest BCUT2D eigenvalue weighted by molar-refractivity contribution is 6.18. The fraction of sp³-hybridized carbons (Fsp3) is 0.0698. The van der Waals surface area contributed by atoms with Gasteiger partial charge in [-0.3, -0.25) is 0 Å². The van der Waals surface area contributed by atoms with Crippen molar-refractivity contribution in [3.63, 3.8) is 0 Å². The predicted molar refractivity (Wildman–Crippen MR) is 189 cm³/mol. The van der Waals surface area contributed by atoms with E-state index in [1.165, 1.54) is 65.8 Å². The van der Waals surface area contributed by atoms with Crippen molar-refractivity contribution in [2.75, 3.05) is 0 Å². The maximum Gasteiger partial charge on any atom is 0.136 e. The standard InChI is InChI=1S/C43H29NO/c1-43(2)37-13-7-5-11-31(37)35-24-36-33-21-18-28(23-40(33)45-41(36)25-38(35)43)26-15-19-29(20-16-26)44-39-14-8-6-12-32(39)34-22-17-27-9-3-4-10-30(27)42(34)44/h3-25H,1-2H3. The van der Waals surface area contributed by atoms with E-state index in [0.717, 1.165) is 27.8 Å². The largest absolute Gasteiger partial charge is 0.456 e. The normalized spacial score (nSPS) is 13.7. The van der Waals surface area contributed by atoms with Gasteiger partial charge in [-0.15, -0.1) is 0 Å². The number of fused-ring (bicyclic) bond motifs is 11. The monoisotopic (exact) mass is 575 g/mol. The zero-order valence-electron chi connectivity index (χ0n) is 25.1. The van der Waals surface area contributed by atoms with Crippen LogP contribution in [0, 0.1) is 0 Å². The number of benzene rings is 7. The molecule has 0 atom stereocenters. The van der Waals surface area contributed by atoms with E-state index in [1.54, 1.807) is 0 Å². The number of rotatable bonds is 2. The lowest BCUT2D eigenvalue weighted by molar-refractivity contribution is 0.647. The van der Waals surface area contributed by atoms with Gasteiger partial charge in [0, 0.05) is 38.0 Å². The summed E-state index contributed by atoms with van der Waals surface area (Å²) >= 11 is 0. The zero-order chi connectivity index (χ0) is 29.9. The number of furan rings is 1. The van der Waals surface area contributed by atoms with Gasteiger partial charge in [0.1, 0.15) is 11.2 Å². The lowest BCUT2D eigenvalue weighted by atomic mass is 9.82. The fourth-order valence-electron chi connectivity index (χ4n) is 7.95.